The van der Waals surface area contributed by atoms with Gasteiger partial charge in [-0.25, -0.2) is 0 Å². The van der Waals surface area contributed by atoms with Gasteiger partial charge < -0.3 is 10.0 Å². The molecule has 1 heterocycles. The molecule has 0 radical (unpaired) electrons. The van der Waals surface area contributed by atoms with Crippen molar-refractivity contribution in [1.29, 1.82) is 0 Å². The summed E-state index contributed by atoms with van der Waals surface area (Å²) in [5.74, 6) is -1.89. The molecule has 5 heteroatoms. The van der Waals surface area contributed by atoms with Gasteiger partial charge in [0.1, 0.15) is 0 Å². The molecule has 2 unspecified atom stereocenters. The van der Waals surface area contributed by atoms with E-state index < -0.39 is 17.3 Å². The van der Waals surface area contributed by atoms with Crippen molar-refractivity contribution in [2.24, 2.45) is 5.92 Å². The second-order valence-corrected chi connectivity index (χ2v) is 6.71. The van der Waals surface area contributed by atoms with E-state index in [1.54, 1.807) is 13.1 Å². The fraction of sp³-hybridized carbons (Fsp3) is 0.263. The highest BCUT2D eigenvalue weighted by molar-refractivity contribution is 6.30. The molecule has 0 aliphatic carbocycles. The number of carbonyl (C=O) groups is 2. The van der Waals surface area contributed by atoms with Gasteiger partial charge in [0, 0.05) is 23.2 Å². The number of aliphatic carboxylic acids is 1. The van der Waals surface area contributed by atoms with Gasteiger partial charge >= 0.3 is 5.97 Å². The topological polar surface area (TPSA) is 57.6 Å². The number of carboxylic acid groups (broad SMARTS) is 1. The van der Waals surface area contributed by atoms with Crippen LogP contribution in [0.3, 0.4) is 0 Å². The SMILES string of the molecule is CN1C(=O)C(CC(=O)O)C(C)(c2ccccc2)c2cc(Cl)ccc21. The van der Waals surface area contributed by atoms with Crippen LogP contribution in [0.5, 0.6) is 0 Å². The number of hydrogen-bond donors (Lipinski definition) is 1. The van der Waals surface area contributed by atoms with Crippen LogP contribution in [0, 0.1) is 5.92 Å². The number of nitrogens with zero attached hydrogens (tertiary/aromatic N) is 1. The number of carbonyl (C=O) groups excluding carboxylic acids is 1. The van der Waals surface area contributed by atoms with Crippen molar-refractivity contribution in [3.8, 4) is 0 Å². The number of anilines is 1. The maximum absolute atomic E-state index is 12.9. The maximum atomic E-state index is 12.9. The average molecular weight is 344 g/mol. The fourth-order valence-electron chi connectivity index (χ4n) is 3.61. The Morgan fingerprint density at radius 2 is 1.92 bits per heavy atom. The van der Waals surface area contributed by atoms with Crippen molar-refractivity contribution in [1.82, 2.24) is 0 Å². The molecule has 1 aliphatic rings. The van der Waals surface area contributed by atoms with Crippen LogP contribution in [0.15, 0.2) is 48.5 Å². The van der Waals surface area contributed by atoms with E-state index in [9.17, 15) is 14.7 Å². The number of amides is 1. The summed E-state index contributed by atoms with van der Waals surface area (Å²) in [5.41, 5.74) is 1.77. The third-order valence-corrected chi connectivity index (χ3v) is 5.19. The summed E-state index contributed by atoms with van der Waals surface area (Å²) in [5, 5.41) is 9.92. The number of carboxylic acids is 1. The highest BCUT2D eigenvalue weighted by Crippen LogP contribution is 2.49. The molecule has 0 fully saturated rings. The van der Waals surface area contributed by atoms with Gasteiger partial charge in [0.25, 0.3) is 0 Å². The van der Waals surface area contributed by atoms with Crippen molar-refractivity contribution >= 4 is 29.2 Å². The first-order chi connectivity index (χ1) is 11.4. The van der Waals surface area contributed by atoms with Crippen LogP contribution in [0.4, 0.5) is 5.69 Å². The van der Waals surface area contributed by atoms with Gasteiger partial charge in [-0.3, -0.25) is 9.59 Å². The first kappa shape index (κ1) is 16.5. The summed E-state index contributed by atoms with van der Waals surface area (Å²) in [6, 6.07) is 14.9. The lowest BCUT2D eigenvalue weighted by molar-refractivity contribution is -0.141. The summed E-state index contributed by atoms with van der Waals surface area (Å²) in [6.07, 6.45) is -0.236. The third-order valence-electron chi connectivity index (χ3n) is 4.96. The van der Waals surface area contributed by atoms with Crippen LogP contribution in [0.2, 0.25) is 5.02 Å². The zero-order chi connectivity index (χ0) is 17.5. The van der Waals surface area contributed by atoms with E-state index in [0.29, 0.717) is 5.02 Å². The molecular formula is C19H18ClNO3. The quantitative estimate of drug-likeness (QED) is 0.924. The lowest BCUT2D eigenvalue weighted by Gasteiger charge is -2.45. The number of benzene rings is 2. The predicted octanol–water partition coefficient (Wildman–Crippen LogP) is 3.71. The summed E-state index contributed by atoms with van der Waals surface area (Å²) < 4.78 is 0. The zero-order valence-electron chi connectivity index (χ0n) is 13.5. The molecule has 0 saturated heterocycles. The molecule has 0 saturated carbocycles. The summed E-state index contributed by atoms with van der Waals surface area (Å²) in [4.78, 5) is 25.9. The van der Waals surface area contributed by atoms with Gasteiger partial charge in [-0.15, -0.1) is 0 Å². The van der Waals surface area contributed by atoms with E-state index in [1.807, 2.05) is 49.4 Å². The predicted molar refractivity (Wildman–Crippen MR) is 93.5 cm³/mol. The van der Waals surface area contributed by atoms with E-state index >= 15 is 0 Å². The summed E-state index contributed by atoms with van der Waals surface area (Å²) >= 11 is 6.21. The van der Waals surface area contributed by atoms with E-state index in [4.69, 9.17) is 11.6 Å². The Balaban J connectivity index is 2.31. The molecule has 2 atom stereocenters. The molecule has 4 nitrogen and oxygen atoms in total. The molecule has 124 valence electrons. The minimum Gasteiger partial charge on any atom is -0.481 e. The number of rotatable bonds is 3. The number of hydrogen-bond acceptors (Lipinski definition) is 2. The average Bonchev–Trinajstić information content (AvgIpc) is 2.57. The first-order valence-corrected chi connectivity index (χ1v) is 8.08. The highest BCUT2D eigenvalue weighted by Gasteiger charge is 2.49. The maximum Gasteiger partial charge on any atom is 0.304 e. The standard InChI is InChI=1S/C19H18ClNO3/c1-19(12-6-4-3-5-7-12)14-10-13(20)8-9-16(14)21(2)18(24)15(19)11-17(22)23/h3-10,15H,11H2,1-2H3,(H,22,23). The molecule has 0 aromatic heterocycles. The Kier molecular flexibility index (Phi) is 4.10. The second-order valence-electron chi connectivity index (χ2n) is 6.28. The molecule has 3 rings (SSSR count). The lowest BCUT2D eigenvalue weighted by atomic mass is 9.63. The van der Waals surface area contributed by atoms with E-state index in [1.165, 1.54) is 4.90 Å². The van der Waals surface area contributed by atoms with Crippen molar-refractivity contribution in [2.75, 3.05) is 11.9 Å². The van der Waals surface area contributed by atoms with Crippen molar-refractivity contribution in [3.63, 3.8) is 0 Å². The third kappa shape index (κ3) is 2.47. The summed E-state index contributed by atoms with van der Waals surface area (Å²) in [7, 11) is 1.68. The molecule has 2 aromatic rings. The van der Waals surface area contributed by atoms with E-state index in [0.717, 1.165) is 16.8 Å². The van der Waals surface area contributed by atoms with Crippen LogP contribution >= 0.6 is 11.6 Å². The highest BCUT2D eigenvalue weighted by atomic mass is 35.5. The van der Waals surface area contributed by atoms with Gasteiger partial charge in [-0.1, -0.05) is 48.9 Å². The van der Waals surface area contributed by atoms with E-state index in [2.05, 4.69) is 0 Å². The van der Waals surface area contributed by atoms with Crippen LogP contribution in [0.25, 0.3) is 0 Å². The Morgan fingerprint density at radius 3 is 2.54 bits per heavy atom. The second kappa shape index (κ2) is 5.95. The largest absolute Gasteiger partial charge is 0.481 e. The molecule has 24 heavy (non-hydrogen) atoms. The molecule has 1 N–H and O–H groups in total. The monoisotopic (exact) mass is 343 g/mol. The van der Waals surface area contributed by atoms with Crippen molar-refractivity contribution in [2.45, 2.75) is 18.8 Å². The van der Waals surface area contributed by atoms with Crippen molar-refractivity contribution < 1.29 is 14.7 Å². The Hall–Kier alpha value is -2.33. The fourth-order valence-corrected chi connectivity index (χ4v) is 3.78. The minimum atomic E-state index is -0.991. The Morgan fingerprint density at radius 1 is 1.25 bits per heavy atom. The summed E-state index contributed by atoms with van der Waals surface area (Å²) in [6.45, 7) is 1.93. The van der Waals surface area contributed by atoms with Gasteiger partial charge in [-0.2, -0.15) is 0 Å². The van der Waals surface area contributed by atoms with Crippen molar-refractivity contribution in [3.05, 3.63) is 64.7 Å². The normalized spacial score (nSPS) is 23.0. The molecular weight excluding hydrogens is 326 g/mol. The van der Waals surface area contributed by atoms with Gasteiger partial charge in [0.15, 0.2) is 0 Å². The van der Waals surface area contributed by atoms with Gasteiger partial charge in [0.05, 0.1) is 12.3 Å². The molecule has 1 amide bonds. The molecule has 2 aromatic carbocycles. The Bertz CT molecular complexity index is 806. The van der Waals surface area contributed by atoms with Crippen LogP contribution in [0.1, 0.15) is 24.5 Å². The van der Waals surface area contributed by atoms with E-state index in [-0.39, 0.29) is 12.3 Å². The van der Waals surface area contributed by atoms with Crippen LogP contribution < -0.4 is 4.90 Å². The molecule has 1 aliphatic heterocycles. The Labute approximate surface area is 145 Å². The van der Waals surface area contributed by atoms with Gasteiger partial charge in [0.2, 0.25) is 5.91 Å². The lowest BCUT2D eigenvalue weighted by Crippen LogP contribution is -2.50. The smallest absolute Gasteiger partial charge is 0.304 e. The molecule has 0 bridgehead atoms. The number of halogens is 1. The minimum absolute atomic E-state index is 0.196. The van der Waals surface area contributed by atoms with Crippen LogP contribution in [-0.4, -0.2) is 24.0 Å². The number of fused-ring (bicyclic) bond motifs is 1. The molecule has 0 spiro atoms. The first-order valence-electron chi connectivity index (χ1n) is 7.70. The van der Waals surface area contributed by atoms with Crippen LogP contribution in [-0.2, 0) is 15.0 Å². The van der Waals surface area contributed by atoms with Gasteiger partial charge in [-0.05, 0) is 29.3 Å². The zero-order valence-corrected chi connectivity index (χ0v) is 14.2.